The maximum atomic E-state index is 13.4. The molecule has 0 aromatic heterocycles. The lowest BCUT2D eigenvalue weighted by Crippen LogP contribution is -2.64. The zero-order valence-electron chi connectivity index (χ0n) is 20.6. The summed E-state index contributed by atoms with van der Waals surface area (Å²) in [4.78, 5) is 75.6. The van der Waals surface area contributed by atoms with Crippen molar-refractivity contribution in [2.45, 2.75) is 64.1 Å². The Kier molecular flexibility index (Phi) is 8.28. The molecule has 2 N–H and O–H groups in total. The molecule has 12 heteroatoms. The van der Waals surface area contributed by atoms with Crippen molar-refractivity contribution in [2.24, 2.45) is 0 Å². The summed E-state index contributed by atoms with van der Waals surface area (Å²) >= 11 is 0. The Hall–Kier alpha value is -3.96. The first-order valence-corrected chi connectivity index (χ1v) is 11.7. The fourth-order valence-electron chi connectivity index (χ4n) is 3.97. The third kappa shape index (κ3) is 6.58. The minimum absolute atomic E-state index is 0.0543. The zero-order chi connectivity index (χ0) is 26.5. The minimum Gasteiger partial charge on any atom is -0.460 e. The van der Waals surface area contributed by atoms with Crippen LogP contribution in [0, 0.1) is 0 Å². The fraction of sp³-hybridized carbons (Fsp3) is 0.500. The van der Waals surface area contributed by atoms with Gasteiger partial charge < -0.3 is 14.8 Å². The Morgan fingerprint density at radius 2 is 1.83 bits per heavy atom. The molecule has 0 radical (unpaired) electrons. The molecule has 3 rings (SSSR count). The highest BCUT2D eigenvalue weighted by atomic mass is 16.6. The number of hydrazine groups is 2. The van der Waals surface area contributed by atoms with Gasteiger partial charge in [-0.25, -0.2) is 19.8 Å². The van der Waals surface area contributed by atoms with Crippen molar-refractivity contribution in [3.05, 3.63) is 35.9 Å². The lowest BCUT2D eigenvalue weighted by Gasteiger charge is -2.43. The normalized spacial score (nSPS) is 19.1. The second-order valence-corrected chi connectivity index (χ2v) is 9.55. The Labute approximate surface area is 208 Å². The summed E-state index contributed by atoms with van der Waals surface area (Å²) in [6.07, 6.45) is 0.655. The standard InChI is InChI=1S/C24H31N5O7/c1-24(2,3)36-20(32)14-17(15-30)25-22(34)18-10-7-12-28-19(31)11-13-27(23(35)29(18)28)26-21(33)16-8-5-4-6-9-16/h4-6,8-9,15,17-18H,7,10-14H2,1-3H3,(H,25,34)(H,26,33)/t17?,18-/m0/s1. The van der Waals surface area contributed by atoms with E-state index in [1.54, 1.807) is 51.1 Å². The molecular weight excluding hydrogens is 470 g/mol. The van der Waals surface area contributed by atoms with E-state index < -0.39 is 41.5 Å². The van der Waals surface area contributed by atoms with Gasteiger partial charge in [-0.05, 0) is 45.7 Å². The number of amides is 5. The summed E-state index contributed by atoms with van der Waals surface area (Å²) in [5.41, 5.74) is 2.07. The van der Waals surface area contributed by atoms with Gasteiger partial charge in [-0.15, -0.1) is 0 Å². The molecule has 194 valence electrons. The number of esters is 1. The number of nitrogens with zero attached hydrogens (tertiary/aromatic N) is 3. The van der Waals surface area contributed by atoms with Crippen LogP contribution < -0.4 is 10.7 Å². The van der Waals surface area contributed by atoms with Gasteiger partial charge in [0.05, 0.1) is 19.0 Å². The van der Waals surface area contributed by atoms with Crippen LogP contribution in [-0.2, 0) is 23.9 Å². The number of hydrogen-bond donors (Lipinski definition) is 2. The van der Waals surface area contributed by atoms with Crippen LogP contribution in [0.3, 0.4) is 0 Å². The van der Waals surface area contributed by atoms with Crippen molar-refractivity contribution in [3.8, 4) is 0 Å². The summed E-state index contributed by atoms with van der Waals surface area (Å²) < 4.78 is 5.20. The van der Waals surface area contributed by atoms with Crippen LogP contribution in [0.4, 0.5) is 4.79 Å². The Bertz CT molecular complexity index is 1020. The van der Waals surface area contributed by atoms with Crippen molar-refractivity contribution in [3.63, 3.8) is 0 Å². The Morgan fingerprint density at radius 3 is 2.47 bits per heavy atom. The van der Waals surface area contributed by atoms with Crippen LogP contribution in [0.15, 0.2) is 30.3 Å². The van der Waals surface area contributed by atoms with E-state index in [2.05, 4.69) is 10.7 Å². The summed E-state index contributed by atoms with van der Waals surface area (Å²) in [7, 11) is 0. The number of carbonyl (C=O) groups is 6. The molecule has 0 bridgehead atoms. The highest BCUT2D eigenvalue weighted by Crippen LogP contribution is 2.24. The molecule has 0 saturated carbocycles. The SMILES string of the molecule is CC(C)(C)OC(=O)CC(C=O)NC(=O)[C@@H]1CCCN2C(=O)CCN(NC(=O)c3ccccc3)C(=O)N12. The second-order valence-electron chi connectivity index (χ2n) is 9.55. The number of urea groups is 1. The van der Waals surface area contributed by atoms with Crippen molar-refractivity contribution in [2.75, 3.05) is 13.1 Å². The van der Waals surface area contributed by atoms with Gasteiger partial charge in [0, 0.05) is 18.5 Å². The minimum atomic E-state index is -1.17. The molecule has 2 fully saturated rings. The third-order valence-corrected chi connectivity index (χ3v) is 5.54. The number of ether oxygens (including phenoxy) is 1. The van der Waals surface area contributed by atoms with Gasteiger partial charge in [0.1, 0.15) is 17.9 Å². The fourth-order valence-corrected chi connectivity index (χ4v) is 3.97. The molecule has 2 aliphatic heterocycles. The molecule has 36 heavy (non-hydrogen) atoms. The molecular formula is C24H31N5O7. The van der Waals surface area contributed by atoms with E-state index in [4.69, 9.17) is 4.74 Å². The Morgan fingerprint density at radius 1 is 1.14 bits per heavy atom. The number of hydrogen-bond acceptors (Lipinski definition) is 7. The highest BCUT2D eigenvalue weighted by Gasteiger charge is 2.44. The van der Waals surface area contributed by atoms with Gasteiger partial charge in [-0.3, -0.25) is 24.6 Å². The molecule has 2 aliphatic rings. The topological polar surface area (TPSA) is 145 Å². The van der Waals surface area contributed by atoms with Crippen molar-refractivity contribution < 1.29 is 33.5 Å². The van der Waals surface area contributed by atoms with Crippen LogP contribution in [0.5, 0.6) is 0 Å². The highest BCUT2D eigenvalue weighted by molar-refractivity contribution is 5.97. The predicted octanol–water partition coefficient (Wildman–Crippen LogP) is 0.781. The van der Waals surface area contributed by atoms with Crippen LogP contribution in [-0.4, -0.2) is 81.8 Å². The number of fused-ring (bicyclic) bond motifs is 1. The van der Waals surface area contributed by atoms with Gasteiger partial charge >= 0.3 is 12.0 Å². The summed E-state index contributed by atoms with van der Waals surface area (Å²) in [6.45, 7) is 5.19. The van der Waals surface area contributed by atoms with Gasteiger partial charge in [-0.2, -0.15) is 0 Å². The van der Waals surface area contributed by atoms with Crippen LogP contribution in [0.1, 0.15) is 56.8 Å². The van der Waals surface area contributed by atoms with Crippen molar-refractivity contribution >= 4 is 36.0 Å². The van der Waals surface area contributed by atoms with Gasteiger partial charge in [0.25, 0.3) is 5.91 Å². The molecule has 0 spiro atoms. The molecule has 12 nitrogen and oxygen atoms in total. The van der Waals surface area contributed by atoms with E-state index >= 15 is 0 Å². The summed E-state index contributed by atoms with van der Waals surface area (Å²) in [6, 6.07) is 5.22. The first-order chi connectivity index (χ1) is 17.0. The van der Waals surface area contributed by atoms with E-state index in [-0.39, 0.29) is 38.3 Å². The van der Waals surface area contributed by atoms with E-state index in [1.165, 1.54) is 5.01 Å². The van der Waals surface area contributed by atoms with E-state index in [1.807, 2.05) is 0 Å². The van der Waals surface area contributed by atoms with Gasteiger partial charge in [0.15, 0.2) is 0 Å². The molecule has 2 saturated heterocycles. The molecule has 1 aromatic rings. The van der Waals surface area contributed by atoms with Crippen LogP contribution in [0.25, 0.3) is 0 Å². The van der Waals surface area contributed by atoms with E-state index in [0.717, 1.165) is 10.0 Å². The number of nitrogens with one attached hydrogen (secondary N) is 2. The van der Waals surface area contributed by atoms with Gasteiger partial charge in [-0.1, -0.05) is 18.2 Å². The van der Waals surface area contributed by atoms with Gasteiger partial charge in [0.2, 0.25) is 11.8 Å². The lowest BCUT2D eigenvalue weighted by molar-refractivity contribution is -0.156. The largest absolute Gasteiger partial charge is 0.460 e. The van der Waals surface area contributed by atoms with Crippen molar-refractivity contribution in [1.82, 2.24) is 25.8 Å². The second kappa shape index (κ2) is 11.2. The maximum absolute atomic E-state index is 13.4. The molecule has 1 unspecified atom stereocenters. The lowest BCUT2D eigenvalue weighted by atomic mass is 10.1. The number of aldehydes is 1. The number of carbonyl (C=O) groups excluding carboxylic acids is 6. The first-order valence-electron chi connectivity index (χ1n) is 11.7. The average molecular weight is 502 g/mol. The van der Waals surface area contributed by atoms with Crippen LogP contribution in [0.2, 0.25) is 0 Å². The molecule has 0 aliphatic carbocycles. The quantitative estimate of drug-likeness (QED) is 0.415. The molecule has 2 atom stereocenters. The molecule has 5 amide bonds. The van der Waals surface area contributed by atoms with Crippen LogP contribution >= 0.6 is 0 Å². The molecule has 1 aromatic carbocycles. The van der Waals surface area contributed by atoms with E-state index in [9.17, 15) is 28.8 Å². The summed E-state index contributed by atoms with van der Waals surface area (Å²) in [5.74, 6) is -2.28. The first kappa shape index (κ1) is 26.6. The monoisotopic (exact) mass is 501 g/mol. The number of benzene rings is 1. The Balaban J connectivity index is 1.75. The number of rotatable bonds is 7. The van der Waals surface area contributed by atoms with E-state index in [0.29, 0.717) is 18.3 Å². The maximum Gasteiger partial charge on any atom is 0.358 e. The molecule has 2 heterocycles. The smallest absolute Gasteiger partial charge is 0.358 e. The predicted molar refractivity (Wildman–Crippen MR) is 126 cm³/mol. The summed E-state index contributed by atoms with van der Waals surface area (Å²) in [5, 5.41) is 5.71. The zero-order valence-corrected chi connectivity index (χ0v) is 20.6. The third-order valence-electron chi connectivity index (χ3n) is 5.54. The average Bonchev–Trinajstić information content (AvgIpc) is 2.95. The van der Waals surface area contributed by atoms with Crippen molar-refractivity contribution in [1.29, 1.82) is 0 Å².